The molecule has 4 heterocycles. The van der Waals surface area contributed by atoms with Gasteiger partial charge in [-0.1, -0.05) is 6.42 Å². The summed E-state index contributed by atoms with van der Waals surface area (Å²) in [6.45, 7) is 1.18. The summed E-state index contributed by atoms with van der Waals surface area (Å²) < 4.78 is 2.48. The summed E-state index contributed by atoms with van der Waals surface area (Å²) in [5, 5.41) is 0. The maximum Gasteiger partial charge on any atom is 0.160 e. The Bertz CT molecular complexity index is 647. The van der Waals surface area contributed by atoms with E-state index in [0.29, 0.717) is 12.1 Å². The van der Waals surface area contributed by atoms with Crippen molar-refractivity contribution in [2.24, 2.45) is 0 Å². The first-order chi connectivity index (χ1) is 10.8. The third-order valence-electron chi connectivity index (χ3n) is 5.05. The number of likely N-dealkylation sites (tertiary alicyclic amines) is 1. The van der Waals surface area contributed by atoms with Crippen molar-refractivity contribution >= 4 is 22.9 Å². The van der Waals surface area contributed by atoms with Gasteiger partial charge in [0.05, 0.1) is 6.04 Å². The molecule has 0 radical (unpaired) electrons. The zero-order valence-corrected chi connectivity index (χ0v) is 14.1. The van der Waals surface area contributed by atoms with Crippen LogP contribution in [0.2, 0.25) is 0 Å². The third-order valence-corrected chi connectivity index (χ3v) is 6.24. The van der Waals surface area contributed by atoms with Gasteiger partial charge in [0, 0.05) is 18.0 Å². The van der Waals surface area contributed by atoms with Crippen molar-refractivity contribution in [3.05, 3.63) is 24.2 Å². The molecule has 0 bridgehead atoms. The molecule has 5 heteroatoms. The van der Waals surface area contributed by atoms with E-state index in [-0.39, 0.29) is 0 Å². The highest BCUT2D eigenvalue weighted by Gasteiger charge is 2.30. The lowest BCUT2D eigenvalue weighted by Crippen LogP contribution is -2.33. The standard InChI is InChI=1S/C17H24N4S/c1-20-10-3-2-8-15(20)17-19-14-7-4-9-18-16(14)21(17)13-6-5-11-22-12-13/h4,7,9,13,15H,2-3,5-6,8,10-12H2,1H3. The van der Waals surface area contributed by atoms with Crippen molar-refractivity contribution in [3.63, 3.8) is 0 Å². The summed E-state index contributed by atoms with van der Waals surface area (Å²) in [5.41, 5.74) is 2.15. The van der Waals surface area contributed by atoms with Crippen LogP contribution in [-0.4, -0.2) is 44.5 Å². The topological polar surface area (TPSA) is 34.0 Å². The Morgan fingerprint density at radius 3 is 3.00 bits per heavy atom. The SMILES string of the molecule is CN1CCCCC1c1nc2cccnc2n1C1CCCSC1. The summed E-state index contributed by atoms with van der Waals surface area (Å²) in [6.07, 6.45) is 8.32. The number of piperidine rings is 1. The Morgan fingerprint density at radius 2 is 2.18 bits per heavy atom. The second-order valence-corrected chi connectivity index (χ2v) is 7.70. The van der Waals surface area contributed by atoms with Gasteiger partial charge in [0.25, 0.3) is 0 Å². The van der Waals surface area contributed by atoms with Crippen LogP contribution in [0.25, 0.3) is 11.2 Å². The Kier molecular flexibility index (Phi) is 4.09. The number of imidazole rings is 1. The van der Waals surface area contributed by atoms with Gasteiger partial charge in [-0.3, -0.25) is 4.90 Å². The smallest absolute Gasteiger partial charge is 0.160 e. The first-order valence-electron chi connectivity index (χ1n) is 8.45. The van der Waals surface area contributed by atoms with Crippen LogP contribution in [0.5, 0.6) is 0 Å². The van der Waals surface area contributed by atoms with Crippen LogP contribution in [0.4, 0.5) is 0 Å². The van der Waals surface area contributed by atoms with E-state index in [4.69, 9.17) is 4.98 Å². The van der Waals surface area contributed by atoms with E-state index in [9.17, 15) is 0 Å². The van der Waals surface area contributed by atoms with Crippen LogP contribution in [0.1, 0.15) is 50.0 Å². The van der Waals surface area contributed by atoms with Crippen LogP contribution in [0.15, 0.2) is 18.3 Å². The van der Waals surface area contributed by atoms with Crippen LogP contribution in [-0.2, 0) is 0 Å². The number of pyridine rings is 1. The van der Waals surface area contributed by atoms with E-state index < -0.39 is 0 Å². The zero-order chi connectivity index (χ0) is 14.9. The van der Waals surface area contributed by atoms with E-state index in [1.165, 1.54) is 56.0 Å². The van der Waals surface area contributed by atoms with Crippen molar-refractivity contribution in [3.8, 4) is 0 Å². The maximum atomic E-state index is 5.01. The van der Waals surface area contributed by atoms with Crippen LogP contribution < -0.4 is 0 Å². The average Bonchev–Trinajstić information content (AvgIpc) is 2.95. The predicted molar refractivity (Wildman–Crippen MR) is 92.3 cm³/mol. The molecule has 2 aromatic rings. The number of hydrogen-bond donors (Lipinski definition) is 0. The zero-order valence-electron chi connectivity index (χ0n) is 13.2. The molecule has 0 saturated carbocycles. The highest BCUT2D eigenvalue weighted by atomic mass is 32.2. The van der Waals surface area contributed by atoms with Gasteiger partial charge in [-0.2, -0.15) is 11.8 Å². The van der Waals surface area contributed by atoms with Gasteiger partial charge in [-0.05, 0) is 57.2 Å². The summed E-state index contributed by atoms with van der Waals surface area (Å²) in [4.78, 5) is 12.2. The van der Waals surface area contributed by atoms with E-state index in [2.05, 4.69) is 39.3 Å². The van der Waals surface area contributed by atoms with Crippen molar-refractivity contribution in [1.29, 1.82) is 0 Å². The van der Waals surface area contributed by atoms with Crippen molar-refractivity contribution in [1.82, 2.24) is 19.4 Å². The molecular formula is C17H24N4S. The molecule has 2 saturated heterocycles. The molecule has 2 fully saturated rings. The number of hydrogen-bond acceptors (Lipinski definition) is 4. The molecule has 0 aromatic carbocycles. The Balaban J connectivity index is 1.81. The van der Waals surface area contributed by atoms with Gasteiger partial charge in [0.15, 0.2) is 5.65 Å². The number of nitrogens with zero attached hydrogens (tertiary/aromatic N) is 4. The molecule has 0 aliphatic carbocycles. The average molecular weight is 316 g/mol. The molecular weight excluding hydrogens is 292 g/mol. The van der Waals surface area contributed by atoms with Gasteiger partial charge in [0.1, 0.15) is 11.3 Å². The maximum absolute atomic E-state index is 5.01. The minimum absolute atomic E-state index is 0.454. The van der Waals surface area contributed by atoms with E-state index >= 15 is 0 Å². The Hall–Kier alpha value is -1.07. The molecule has 2 aliphatic heterocycles. The van der Waals surface area contributed by atoms with Gasteiger partial charge >= 0.3 is 0 Å². The van der Waals surface area contributed by atoms with E-state index in [0.717, 1.165) is 11.2 Å². The summed E-state index contributed by atoms with van der Waals surface area (Å²) in [5.74, 6) is 3.75. The highest BCUT2D eigenvalue weighted by Crippen LogP contribution is 2.36. The van der Waals surface area contributed by atoms with Crippen molar-refractivity contribution in [2.75, 3.05) is 25.1 Å². The van der Waals surface area contributed by atoms with Gasteiger partial charge in [0.2, 0.25) is 0 Å². The second kappa shape index (κ2) is 6.20. The molecule has 2 unspecified atom stereocenters. The first kappa shape index (κ1) is 14.5. The molecule has 2 aliphatic rings. The molecule has 118 valence electrons. The number of fused-ring (bicyclic) bond motifs is 1. The molecule has 2 atom stereocenters. The fraction of sp³-hybridized carbons (Fsp3) is 0.647. The fourth-order valence-electron chi connectivity index (χ4n) is 3.87. The highest BCUT2D eigenvalue weighted by molar-refractivity contribution is 7.99. The minimum Gasteiger partial charge on any atom is -0.307 e. The predicted octanol–water partition coefficient (Wildman–Crippen LogP) is 3.66. The normalized spacial score (nSPS) is 27.3. The summed E-state index contributed by atoms with van der Waals surface area (Å²) >= 11 is 2.08. The second-order valence-electron chi connectivity index (χ2n) is 6.55. The third kappa shape index (κ3) is 2.54. The first-order valence-corrected chi connectivity index (χ1v) is 9.61. The number of aromatic nitrogens is 3. The monoisotopic (exact) mass is 316 g/mol. The molecule has 0 N–H and O–H groups in total. The Morgan fingerprint density at radius 1 is 1.23 bits per heavy atom. The van der Waals surface area contributed by atoms with E-state index in [1.54, 1.807) is 0 Å². The molecule has 4 rings (SSSR count). The lowest BCUT2D eigenvalue weighted by Gasteiger charge is -2.34. The van der Waals surface area contributed by atoms with Gasteiger partial charge < -0.3 is 4.57 Å². The lowest BCUT2D eigenvalue weighted by atomic mass is 10.0. The molecule has 4 nitrogen and oxygen atoms in total. The number of thioether (sulfide) groups is 1. The lowest BCUT2D eigenvalue weighted by molar-refractivity contribution is 0.174. The Labute approximate surface area is 136 Å². The molecule has 22 heavy (non-hydrogen) atoms. The largest absolute Gasteiger partial charge is 0.307 e. The summed E-state index contributed by atoms with van der Waals surface area (Å²) in [6, 6.07) is 5.13. The van der Waals surface area contributed by atoms with Gasteiger partial charge in [-0.15, -0.1) is 0 Å². The van der Waals surface area contributed by atoms with Crippen LogP contribution in [0, 0.1) is 0 Å². The van der Waals surface area contributed by atoms with E-state index in [1.807, 2.05) is 12.3 Å². The van der Waals surface area contributed by atoms with Gasteiger partial charge in [-0.25, -0.2) is 9.97 Å². The molecule has 2 aromatic heterocycles. The fourth-order valence-corrected chi connectivity index (χ4v) is 5.00. The molecule has 0 spiro atoms. The van der Waals surface area contributed by atoms with Crippen molar-refractivity contribution in [2.45, 2.75) is 44.2 Å². The summed E-state index contributed by atoms with van der Waals surface area (Å²) in [7, 11) is 2.25. The quantitative estimate of drug-likeness (QED) is 0.847. The minimum atomic E-state index is 0.454. The van der Waals surface area contributed by atoms with Crippen molar-refractivity contribution < 1.29 is 0 Å². The van der Waals surface area contributed by atoms with Crippen LogP contribution in [0.3, 0.4) is 0 Å². The molecule has 0 amide bonds. The van der Waals surface area contributed by atoms with Crippen LogP contribution >= 0.6 is 11.8 Å². The number of rotatable bonds is 2.